The van der Waals surface area contributed by atoms with E-state index in [1.807, 2.05) is 41.7 Å². The third-order valence-corrected chi connectivity index (χ3v) is 6.98. The lowest BCUT2D eigenvalue weighted by atomic mass is 10.1. The van der Waals surface area contributed by atoms with E-state index in [-0.39, 0.29) is 6.61 Å². The summed E-state index contributed by atoms with van der Waals surface area (Å²) in [5.74, 6) is 1.96. The summed E-state index contributed by atoms with van der Waals surface area (Å²) < 4.78 is 10.7. The van der Waals surface area contributed by atoms with Crippen LogP contribution in [0.25, 0.3) is 0 Å². The molecule has 0 aromatic heterocycles. The number of thioether (sulfide) groups is 2. The topological polar surface area (TPSA) is 64.6 Å². The molecule has 0 radical (unpaired) electrons. The Hall–Kier alpha value is -2.12. The van der Waals surface area contributed by atoms with E-state index in [0.717, 1.165) is 0 Å². The number of ether oxygens (including phenoxy) is 2. The minimum absolute atomic E-state index is 0.354. The van der Waals surface area contributed by atoms with Crippen LogP contribution in [0.1, 0.15) is 26.9 Å². The van der Waals surface area contributed by atoms with Crippen molar-refractivity contribution in [3.8, 4) is 5.75 Å². The molecule has 0 bridgehead atoms. The van der Waals surface area contributed by atoms with Gasteiger partial charge < -0.3 is 14.8 Å². The van der Waals surface area contributed by atoms with Crippen molar-refractivity contribution in [1.29, 1.82) is 0 Å². The second-order valence-electron chi connectivity index (χ2n) is 5.87. The highest BCUT2D eigenvalue weighted by molar-refractivity contribution is 8.16. The number of carbonyl (C=O) groups is 2. The third kappa shape index (κ3) is 5.43. The maximum Gasteiger partial charge on any atom is 0.338 e. The van der Waals surface area contributed by atoms with Crippen LogP contribution in [0.5, 0.6) is 5.75 Å². The molecule has 1 amide bonds. The molecule has 1 aliphatic rings. The first-order valence-corrected chi connectivity index (χ1v) is 10.7. The summed E-state index contributed by atoms with van der Waals surface area (Å²) in [6.07, 6.45) is 1.24. The van der Waals surface area contributed by atoms with Crippen molar-refractivity contribution in [3.63, 3.8) is 0 Å². The number of para-hydroxylation sites is 2. The second-order valence-corrected chi connectivity index (χ2v) is 8.60. The van der Waals surface area contributed by atoms with Crippen molar-refractivity contribution in [3.05, 3.63) is 59.7 Å². The second kappa shape index (κ2) is 9.71. The van der Waals surface area contributed by atoms with Gasteiger partial charge in [0.15, 0.2) is 6.61 Å². The van der Waals surface area contributed by atoms with E-state index < -0.39 is 11.9 Å². The first-order chi connectivity index (χ1) is 13.2. The molecule has 0 aliphatic carbocycles. The molecule has 2 aromatic carbocycles. The molecule has 1 fully saturated rings. The number of nitrogens with one attached hydrogen (secondary N) is 1. The zero-order valence-corrected chi connectivity index (χ0v) is 16.6. The zero-order chi connectivity index (χ0) is 19.1. The molecule has 7 heteroatoms. The molecule has 5 nitrogen and oxygen atoms in total. The monoisotopic (exact) mass is 403 g/mol. The summed E-state index contributed by atoms with van der Waals surface area (Å²) in [5.41, 5.74) is 2.18. The molecule has 1 heterocycles. The van der Waals surface area contributed by atoms with Crippen LogP contribution >= 0.6 is 23.5 Å². The highest BCUT2D eigenvalue weighted by Gasteiger charge is 2.17. The predicted molar refractivity (Wildman–Crippen MR) is 111 cm³/mol. The van der Waals surface area contributed by atoms with Crippen LogP contribution in [0.2, 0.25) is 0 Å². The van der Waals surface area contributed by atoms with Crippen molar-refractivity contribution in [2.24, 2.45) is 0 Å². The van der Waals surface area contributed by atoms with Crippen molar-refractivity contribution in [1.82, 2.24) is 0 Å². The minimum Gasteiger partial charge on any atom is -0.495 e. The van der Waals surface area contributed by atoms with Crippen molar-refractivity contribution < 1.29 is 19.1 Å². The molecule has 1 N–H and O–H groups in total. The Labute approximate surface area is 167 Å². The molecule has 2 aromatic rings. The van der Waals surface area contributed by atoms with Crippen LogP contribution in [-0.2, 0) is 9.53 Å². The van der Waals surface area contributed by atoms with Gasteiger partial charge >= 0.3 is 5.97 Å². The Morgan fingerprint density at radius 2 is 1.78 bits per heavy atom. The van der Waals surface area contributed by atoms with Gasteiger partial charge in [0, 0.05) is 0 Å². The minimum atomic E-state index is -0.513. The van der Waals surface area contributed by atoms with Gasteiger partial charge in [0.2, 0.25) is 0 Å². The average Bonchev–Trinajstić information content (AvgIpc) is 2.73. The molecule has 1 saturated heterocycles. The van der Waals surface area contributed by atoms with E-state index in [9.17, 15) is 9.59 Å². The lowest BCUT2D eigenvalue weighted by molar-refractivity contribution is -0.119. The molecule has 0 spiro atoms. The van der Waals surface area contributed by atoms with Crippen LogP contribution in [0, 0.1) is 0 Å². The Bertz CT molecular complexity index is 789. The Morgan fingerprint density at radius 3 is 2.48 bits per heavy atom. The SMILES string of the molecule is COc1ccccc1NC(=O)COC(=O)c1ccc(C2SCCCS2)cc1. The Balaban J connectivity index is 1.52. The number of methoxy groups -OCH3 is 1. The van der Waals surface area contributed by atoms with Crippen LogP contribution in [0.4, 0.5) is 5.69 Å². The van der Waals surface area contributed by atoms with Gasteiger partial charge in [0.05, 0.1) is 22.9 Å². The van der Waals surface area contributed by atoms with E-state index in [1.165, 1.54) is 30.6 Å². The smallest absolute Gasteiger partial charge is 0.338 e. The number of carbonyl (C=O) groups excluding carboxylic acids is 2. The van der Waals surface area contributed by atoms with Crippen LogP contribution < -0.4 is 10.1 Å². The number of esters is 1. The Morgan fingerprint density at radius 1 is 1.07 bits per heavy atom. The predicted octanol–water partition coefficient (Wildman–Crippen LogP) is 4.36. The standard InChI is InChI=1S/C20H21NO4S2/c1-24-17-6-3-2-5-16(17)21-18(22)13-25-19(23)14-7-9-15(10-8-14)20-26-11-4-12-27-20/h2-3,5-10,20H,4,11-13H2,1H3,(H,21,22). The van der Waals surface area contributed by atoms with Gasteiger partial charge in [-0.1, -0.05) is 24.3 Å². The van der Waals surface area contributed by atoms with Crippen molar-refractivity contribution >= 4 is 41.1 Å². The molecular weight excluding hydrogens is 382 g/mol. The van der Waals surface area contributed by atoms with Crippen LogP contribution in [-0.4, -0.2) is 37.1 Å². The number of hydrogen-bond acceptors (Lipinski definition) is 6. The molecular formula is C20H21NO4S2. The van der Waals surface area contributed by atoms with E-state index >= 15 is 0 Å². The number of rotatable bonds is 6. The quantitative estimate of drug-likeness (QED) is 0.723. The van der Waals surface area contributed by atoms with E-state index in [1.54, 1.807) is 30.3 Å². The van der Waals surface area contributed by atoms with Gasteiger partial charge in [-0.25, -0.2) is 4.79 Å². The molecule has 0 atom stereocenters. The number of benzene rings is 2. The normalized spacial score (nSPS) is 14.4. The fraction of sp³-hybridized carbons (Fsp3) is 0.300. The Kier molecular flexibility index (Phi) is 7.06. The maximum absolute atomic E-state index is 12.2. The van der Waals surface area contributed by atoms with E-state index in [4.69, 9.17) is 9.47 Å². The van der Waals surface area contributed by atoms with Crippen LogP contribution in [0.15, 0.2) is 48.5 Å². The largest absolute Gasteiger partial charge is 0.495 e. The van der Waals surface area contributed by atoms with E-state index in [0.29, 0.717) is 21.6 Å². The molecule has 1 aliphatic heterocycles. The highest BCUT2D eigenvalue weighted by atomic mass is 32.2. The van der Waals surface area contributed by atoms with Crippen LogP contribution in [0.3, 0.4) is 0 Å². The number of anilines is 1. The average molecular weight is 404 g/mol. The lowest BCUT2D eigenvalue weighted by Gasteiger charge is -2.21. The van der Waals surface area contributed by atoms with Gasteiger partial charge in [0.25, 0.3) is 5.91 Å². The fourth-order valence-corrected chi connectivity index (χ4v) is 5.50. The molecule has 0 unspecified atom stereocenters. The number of amides is 1. The van der Waals surface area contributed by atoms with E-state index in [2.05, 4.69) is 5.32 Å². The summed E-state index contributed by atoms with van der Waals surface area (Å²) in [6.45, 7) is -0.354. The van der Waals surface area contributed by atoms with Gasteiger partial charge in [-0.05, 0) is 47.8 Å². The van der Waals surface area contributed by atoms with Crippen molar-refractivity contribution in [2.75, 3.05) is 30.5 Å². The summed E-state index contributed by atoms with van der Waals surface area (Å²) in [6, 6.07) is 14.5. The zero-order valence-electron chi connectivity index (χ0n) is 15.0. The molecule has 0 saturated carbocycles. The fourth-order valence-electron chi connectivity index (χ4n) is 2.61. The first kappa shape index (κ1) is 19.6. The molecule has 27 heavy (non-hydrogen) atoms. The van der Waals surface area contributed by atoms with Gasteiger partial charge in [-0.2, -0.15) is 0 Å². The lowest BCUT2D eigenvalue weighted by Crippen LogP contribution is -2.21. The summed E-state index contributed by atoms with van der Waals surface area (Å²) in [4.78, 5) is 24.2. The van der Waals surface area contributed by atoms with Gasteiger partial charge in [-0.3, -0.25) is 4.79 Å². The van der Waals surface area contributed by atoms with Crippen molar-refractivity contribution in [2.45, 2.75) is 11.0 Å². The third-order valence-electron chi connectivity index (χ3n) is 3.96. The summed E-state index contributed by atoms with van der Waals surface area (Å²) in [7, 11) is 1.53. The molecule has 142 valence electrons. The summed E-state index contributed by atoms with van der Waals surface area (Å²) >= 11 is 3.86. The van der Waals surface area contributed by atoms with Gasteiger partial charge in [-0.15, -0.1) is 23.5 Å². The highest BCUT2D eigenvalue weighted by Crippen LogP contribution is 2.43. The van der Waals surface area contributed by atoms with Gasteiger partial charge in [0.1, 0.15) is 5.75 Å². The summed E-state index contributed by atoms with van der Waals surface area (Å²) in [5, 5.41) is 2.67. The molecule has 3 rings (SSSR count). The first-order valence-electron chi connectivity index (χ1n) is 8.60. The maximum atomic E-state index is 12.2. The number of hydrogen-bond donors (Lipinski definition) is 1.